The molecular weight excluding hydrogens is 278 g/mol. The number of nitrogens with one attached hydrogen (secondary N) is 2. The number of carbonyl (C=O) groups excluding carboxylic acids is 2. The smallest absolute Gasteiger partial charge is 0.256 e. The Morgan fingerprint density at radius 3 is 2.36 bits per heavy atom. The van der Waals surface area contributed by atoms with Gasteiger partial charge in [0.25, 0.3) is 5.91 Å². The summed E-state index contributed by atoms with van der Waals surface area (Å²) in [4.78, 5) is 27.9. The van der Waals surface area contributed by atoms with Crippen molar-refractivity contribution in [2.75, 3.05) is 10.6 Å². The minimum atomic E-state index is -0.226. The molecule has 2 N–H and O–H groups in total. The van der Waals surface area contributed by atoms with Crippen molar-refractivity contribution in [3.8, 4) is 0 Å². The van der Waals surface area contributed by atoms with Gasteiger partial charge in [-0.05, 0) is 55.7 Å². The van der Waals surface area contributed by atoms with Crippen LogP contribution in [-0.2, 0) is 4.79 Å². The van der Waals surface area contributed by atoms with E-state index in [1.165, 1.54) is 0 Å². The van der Waals surface area contributed by atoms with Crippen molar-refractivity contribution in [1.29, 1.82) is 0 Å². The second-order valence-corrected chi connectivity index (χ2v) is 5.52. The molecule has 0 spiro atoms. The maximum absolute atomic E-state index is 12.1. The Kier molecular flexibility index (Phi) is 3.87. The van der Waals surface area contributed by atoms with Crippen LogP contribution in [-0.4, -0.2) is 16.8 Å². The number of aromatic nitrogens is 1. The van der Waals surface area contributed by atoms with Gasteiger partial charge in [-0.2, -0.15) is 0 Å². The van der Waals surface area contributed by atoms with Crippen molar-refractivity contribution in [2.45, 2.75) is 19.8 Å². The fraction of sp³-hybridized carbons (Fsp3) is 0.235. The molecule has 0 saturated heterocycles. The molecule has 0 aliphatic heterocycles. The van der Waals surface area contributed by atoms with Crippen molar-refractivity contribution in [2.24, 2.45) is 5.92 Å². The summed E-state index contributed by atoms with van der Waals surface area (Å²) in [7, 11) is 0. The van der Waals surface area contributed by atoms with Crippen LogP contribution in [0.15, 0.2) is 42.6 Å². The van der Waals surface area contributed by atoms with Gasteiger partial charge in [-0.1, -0.05) is 6.07 Å². The first-order chi connectivity index (χ1) is 10.6. The topological polar surface area (TPSA) is 71.1 Å². The van der Waals surface area contributed by atoms with Crippen LogP contribution in [0.5, 0.6) is 0 Å². The van der Waals surface area contributed by atoms with E-state index in [9.17, 15) is 9.59 Å². The van der Waals surface area contributed by atoms with E-state index < -0.39 is 0 Å². The Bertz CT molecular complexity index is 689. The Balaban J connectivity index is 1.62. The molecule has 0 radical (unpaired) electrons. The number of aryl methyl sites for hydroxylation is 1. The van der Waals surface area contributed by atoms with Gasteiger partial charge in [-0.15, -0.1) is 0 Å². The average Bonchev–Trinajstić information content (AvgIpc) is 3.35. The molecule has 1 aromatic heterocycles. The summed E-state index contributed by atoms with van der Waals surface area (Å²) < 4.78 is 0. The summed E-state index contributed by atoms with van der Waals surface area (Å²) in [6.45, 7) is 1.94. The molecule has 3 rings (SSSR count). The van der Waals surface area contributed by atoms with E-state index in [-0.39, 0.29) is 17.7 Å². The van der Waals surface area contributed by atoms with E-state index in [1.807, 2.05) is 13.0 Å². The molecular formula is C17H17N3O2. The number of hydrogen-bond acceptors (Lipinski definition) is 3. The highest BCUT2D eigenvalue weighted by Crippen LogP contribution is 2.30. The molecule has 0 unspecified atom stereocenters. The molecule has 0 atom stereocenters. The first kappa shape index (κ1) is 14.3. The Labute approximate surface area is 128 Å². The Morgan fingerprint density at radius 2 is 1.77 bits per heavy atom. The Morgan fingerprint density at radius 1 is 1.05 bits per heavy atom. The lowest BCUT2D eigenvalue weighted by Gasteiger charge is -2.07. The van der Waals surface area contributed by atoms with Crippen molar-refractivity contribution in [3.63, 3.8) is 0 Å². The van der Waals surface area contributed by atoms with E-state index in [0.29, 0.717) is 17.1 Å². The zero-order chi connectivity index (χ0) is 15.5. The van der Waals surface area contributed by atoms with E-state index in [0.717, 1.165) is 18.4 Å². The molecule has 2 amide bonds. The number of nitrogens with zero attached hydrogens (tertiary/aromatic N) is 1. The van der Waals surface area contributed by atoms with Crippen molar-refractivity contribution >= 4 is 23.3 Å². The highest BCUT2D eigenvalue weighted by Gasteiger charge is 2.29. The van der Waals surface area contributed by atoms with Gasteiger partial charge in [0.05, 0.1) is 0 Å². The summed E-state index contributed by atoms with van der Waals surface area (Å²) in [5.41, 5.74) is 2.27. The fourth-order valence-corrected chi connectivity index (χ4v) is 2.03. The molecule has 22 heavy (non-hydrogen) atoms. The van der Waals surface area contributed by atoms with Crippen LogP contribution in [0.3, 0.4) is 0 Å². The lowest BCUT2D eigenvalue weighted by molar-refractivity contribution is -0.117. The number of amides is 2. The molecule has 112 valence electrons. The monoisotopic (exact) mass is 295 g/mol. The normalized spacial score (nSPS) is 13.5. The van der Waals surface area contributed by atoms with Crippen LogP contribution in [0.4, 0.5) is 11.5 Å². The predicted octanol–water partition coefficient (Wildman–Crippen LogP) is 2.99. The third kappa shape index (κ3) is 3.49. The summed E-state index contributed by atoms with van der Waals surface area (Å²) in [6, 6.07) is 10.5. The average molecular weight is 295 g/mol. The minimum absolute atomic E-state index is 0.0565. The molecule has 2 aromatic rings. The molecule has 0 bridgehead atoms. The molecule has 1 aliphatic rings. The number of pyridine rings is 1. The minimum Gasteiger partial charge on any atom is -0.326 e. The maximum Gasteiger partial charge on any atom is 0.256 e. The van der Waals surface area contributed by atoms with E-state index in [1.54, 1.807) is 36.5 Å². The van der Waals surface area contributed by atoms with Gasteiger partial charge in [0.15, 0.2) is 0 Å². The number of hydrogen-bond donors (Lipinski definition) is 2. The summed E-state index contributed by atoms with van der Waals surface area (Å²) in [5, 5.41) is 5.58. The fourth-order valence-electron chi connectivity index (χ4n) is 2.03. The standard InChI is InChI=1S/C17H17N3O2/c1-11-2-9-15(18-10-11)20-17(22)13-5-7-14(8-6-13)19-16(21)12-3-4-12/h2,5-10,12H,3-4H2,1H3,(H,19,21)(H,18,20,22). The third-order valence-corrected chi connectivity index (χ3v) is 3.52. The van der Waals surface area contributed by atoms with E-state index >= 15 is 0 Å². The molecule has 5 heteroatoms. The van der Waals surface area contributed by atoms with Gasteiger partial charge in [0, 0.05) is 23.4 Å². The maximum atomic E-state index is 12.1. The van der Waals surface area contributed by atoms with Gasteiger partial charge >= 0.3 is 0 Å². The molecule has 1 heterocycles. The lowest BCUT2D eigenvalue weighted by atomic mass is 10.2. The van der Waals surface area contributed by atoms with Crippen LogP contribution >= 0.6 is 0 Å². The zero-order valence-electron chi connectivity index (χ0n) is 12.3. The summed E-state index contributed by atoms with van der Waals surface area (Å²) in [5.74, 6) is 0.509. The first-order valence-corrected chi connectivity index (χ1v) is 7.27. The van der Waals surface area contributed by atoms with Gasteiger partial charge in [0.1, 0.15) is 5.82 Å². The van der Waals surface area contributed by atoms with Gasteiger partial charge in [-0.25, -0.2) is 4.98 Å². The first-order valence-electron chi connectivity index (χ1n) is 7.27. The predicted molar refractivity (Wildman–Crippen MR) is 84.7 cm³/mol. The number of rotatable bonds is 4. The van der Waals surface area contributed by atoms with Crippen molar-refractivity contribution in [3.05, 3.63) is 53.7 Å². The van der Waals surface area contributed by atoms with Crippen LogP contribution < -0.4 is 10.6 Å². The number of anilines is 2. The zero-order valence-corrected chi connectivity index (χ0v) is 12.3. The SMILES string of the molecule is Cc1ccc(NC(=O)c2ccc(NC(=O)C3CC3)cc2)nc1. The highest BCUT2D eigenvalue weighted by atomic mass is 16.2. The van der Waals surface area contributed by atoms with Crippen LogP contribution in [0.2, 0.25) is 0 Å². The van der Waals surface area contributed by atoms with E-state index in [4.69, 9.17) is 0 Å². The second-order valence-electron chi connectivity index (χ2n) is 5.52. The van der Waals surface area contributed by atoms with E-state index in [2.05, 4.69) is 15.6 Å². The van der Waals surface area contributed by atoms with Crippen LogP contribution in [0.25, 0.3) is 0 Å². The molecule has 5 nitrogen and oxygen atoms in total. The Hall–Kier alpha value is -2.69. The largest absolute Gasteiger partial charge is 0.326 e. The molecule has 1 fully saturated rings. The van der Waals surface area contributed by atoms with Gasteiger partial charge < -0.3 is 10.6 Å². The molecule has 1 aliphatic carbocycles. The van der Waals surface area contributed by atoms with Crippen molar-refractivity contribution in [1.82, 2.24) is 4.98 Å². The quantitative estimate of drug-likeness (QED) is 0.911. The van der Waals surface area contributed by atoms with Gasteiger partial charge in [0.2, 0.25) is 5.91 Å². The van der Waals surface area contributed by atoms with Crippen molar-refractivity contribution < 1.29 is 9.59 Å². The van der Waals surface area contributed by atoms with Gasteiger partial charge in [-0.3, -0.25) is 9.59 Å². The van der Waals surface area contributed by atoms with Crippen LogP contribution in [0, 0.1) is 12.8 Å². The second kappa shape index (κ2) is 5.97. The number of benzene rings is 1. The van der Waals surface area contributed by atoms with Crippen LogP contribution in [0.1, 0.15) is 28.8 Å². The molecule has 1 aromatic carbocycles. The molecule has 1 saturated carbocycles. The third-order valence-electron chi connectivity index (χ3n) is 3.52. The summed E-state index contributed by atoms with van der Waals surface area (Å²) in [6.07, 6.45) is 3.64. The number of carbonyl (C=O) groups is 2. The highest BCUT2D eigenvalue weighted by molar-refractivity contribution is 6.04. The lowest BCUT2D eigenvalue weighted by Crippen LogP contribution is -2.15. The summed E-state index contributed by atoms with van der Waals surface area (Å²) >= 11 is 0.